The maximum atomic E-state index is 3.68. The molecule has 0 aromatic heterocycles. The first-order chi connectivity index (χ1) is 9.72. The fraction of sp³-hybridized carbons (Fsp3) is 0.294. The van der Waals surface area contributed by atoms with Crippen molar-refractivity contribution >= 4 is 27.3 Å². The number of nitrogens with zero attached hydrogens (tertiary/aromatic N) is 1. The molecule has 0 aliphatic carbocycles. The van der Waals surface area contributed by atoms with Crippen LogP contribution in [-0.4, -0.2) is 13.6 Å². The van der Waals surface area contributed by atoms with Crippen molar-refractivity contribution in [2.24, 2.45) is 0 Å². The number of para-hydroxylation sites is 1. The monoisotopic (exact) mass is 332 g/mol. The summed E-state index contributed by atoms with van der Waals surface area (Å²) in [5.41, 5.74) is 3.66. The van der Waals surface area contributed by atoms with Crippen LogP contribution in [-0.2, 0) is 6.54 Å². The quantitative estimate of drug-likeness (QED) is 0.770. The van der Waals surface area contributed by atoms with Crippen LogP contribution in [0.1, 0.15) is 18.9 Å². The molecule has 0 bridgehead atoms. The second kappa shape index (κ2) is 7.46. The summed E-state index contributed by atoms with van der Waals surface area (Å²) in [6.07, 6.45) is 1.16. The average molecular weight is 333 g/mol. The van der Waals surface area contributed by atoms with E-state index in [1.54, 1.807) is 0 Å². The summed E-state index contributed by atoms with van der Waals surface area (Å²) in [6.45, 7) is 4.16. The molecule has 0 heterocycles. The lowest BCUT2D eigenvalue weighted by atomic mass is 10.2. The zero-order valence-corrected chi connectivity index (χ0v) is 13.7. The van der Waals surface area contributed by atoms with E-state index in [4.69, 9.17) is 0 Å². The molecule has 0 atom stereocenters. The molecule has 0 saturated heterocycles. The third kappa shape index (κ3) is 3.84. The topological polar surface area (TPSA) is 15.3 Å². The van der Waals surface area contributed by atoms with Gasteiger partial charge in [0.15, 0.2) is 0 Å². The van der Waals surface area contributed by atoms with Gasteiger partial charge in [0.2, 0.25) is 0 Å². The van der Waals surface area contributed by atoms with E-state index in [0.717, 1.165) is 24.0 Å². The Morgan fingerprint density at radius 1 is 1.10 bits per heavy atom. The maximum Gasteiger partial charge on any atom is 0.0552 e. The molecule has 0 spiro atoms. The number of nitrogens with one attached hydrogen (secondary N) is 1. The molecule has 2 nitrogen and oxygen atoms in total. The van der Waals surface area contributed by atoms with Crippen LogP contribution in [0.2, 0.25) is 0 Å². The van der Waals surface area contributed by atoms with E-state index in [9.17, 15) is 0 Å². The Bertz CT molecular complexity index is 540. The van der Waals surface area contributed by atoms with Crippen LogP contribution >= 0.6 is 15.9 Å². The molecule has 0 amide bonds. The van der Waals surface area contributed by atoms with Gasteiger partial charge < -0.3 is 10.2 Å². The fourth-order valence-electron chi connectivity index (χ4n) is 2.13. The number of rotatable bonds is 6. The van der Waals surface area contributed by atoms with Crippen LogP contribution in [0, 0.1) is 0 Å². The van der Waals surface area contributed by atoms with Crippen molar-refractivity contribution in [3.63, 3.8) is 0 Å². The van der Waals surface area contributed by atoms with Gasteiger partial charge in [-0.3, -0.25) is 0 Å². The second-order valence-electron chi connectivity index (χ2n) is 4.86. The largest absolute Gasteiger partial charge is 0.344 e. The molecule has 106 valence electrons. The summed E-state index contributed by atoms with van der Waals surface area (Å²) in [5, 5.41) is 3.42. The minimum Gasteiger partial charge on any atom is -0.344 e. The normalized spacial score (nSPS) is 10.6. The smallest absolute Gasteiger partial charge is 0.0552 e. The lowest BCUT2D eigenvalue weighted by Crippen LogP contribution is -2.14. The molecule has 0 fully saturated rings. The van der Waals surface area contributed by atoms with Crippen molar-refractivity contribution in [3.05, 3.63) is 58.6 Å². The first-order valence-electron chi connectivity index (χ1n) is 7.00. The number of hydrogen-bond donors (Lipinski definition) is 1. The predicted molar refractivity (Wildman–Crippen MR) is 90.6 cm³/mol. The molecular formula is C17H21BrN2. The molecule has 0 aliphatic heterocycles. The van der Waals surface area contributed by atoms with Gasteiger partial charge in [-0.05, 0) is 58.7 Å². The van der Waals surface area contributed by atoms with E-state index in [1.165, 1.54) is 16.9 Å². The van der Waals surface area contributed by atoms with Gasteiger partial charge in [-0.15, -0.1) is 0 Å². The highest BCUT2D eigenvalue weighted by Crippen LogP contribution is 2.31. The number of anilines is 2. The third-order valence-electron chi connectivity index (χ3n) is 3.27. The van der Waals surface area contributed by atoms with Crippen LogP contribution in [0.25, 0.3) is 0 Å². The van der Waals surface area contributed by atoms with Crippen LogP contribution in [0.15, 0.2) is 53.0 Å². The standard InChI is InChI=1S/C17H21BrN2/c1-3-11-19-13-14-9-10-17(16(18)12-14)20(2)15-7-5-4-6-8-15/h4-10,12,19H,3,11,13H2,1-2H3. The van der Waals surface area contributed by atoms with Crippen molar-refractivity contribution in [3.8, 4) is 0 Å². The highest BCUT2D eigenvalue weighted by Gasteiger charge is 2.08. The number of benzene rings is 2. The van der Waals surface area contributed by atoms with Crippen LogP contribution < -0.4 is 10.2 Å². The van der Waals surface area contributed by atoms with E-state index in [1.807, 2.05) is 6.07 Å². The highest BCUT2D eigenvalue weighted by molar-refractivity contribution is 9.10. The van der Waals surface area contributed by atoms with Crippen molar-refractivity contribution in [1.29, 1.82) is 0 Å². The fourth-order valence-corrected chi connectivity index (χ4v) is 2.82. The van der Waals surface area contributed by atoms with E-state index in [2.05, 4.69) is 82.6 Å². The zero-order chi connectivity index (χ0) is 14.4. The molecule has 3 heteroatoms. The minimum absolute atomic E-state index is 0.918. The SMILES string of the molecule is CCCNCc1ccc(N(C)c2ccccc2)c(Br)c1. The van der Waals surface area contributed by atoms with Gasteiger partial charge >= 0.3 is 0 Å². The summed E-state index contributed by atoms with van der Waals surface area (Å²) in [7, 11) is 2.09. The number of halogens is 1. The molecule has 1 N–H and O–H groups in total. The maximum absolute atomic E-state index is 3.68. The van der Waals surface area contributed by atoms with Gasteiger partial charge in [0, 0.05) is 23.8 Å². The zero-order valence-electron chi connectivity index (χ0n) is 12.1. The highest BCUT2D eigenvalue weighted by atomic mass is 79.9. The Labute approximate surface area is 129 Å². The summed E-state index contributed by atoms with van der Waals surface area (Å²) in [6, 6.07) is 16.9. The predicted octanol–water partition coefficient (Wildman–Crippen LogP) is 4.72. The Balaban J connectivity index is 2.13. The lowest BCUT2D eigenvalue weighted by Gasteiger charge is -2.21. The number of hydrogen-bond acceptors (Lipinski definition) is 2. The van der Waals surface area contributed by atoms with E-state index in [0.29, 0.717) is 0 Å². The summed E-state index contributed by atoms with van der Waals surface area (Å²) in [5.74, 6) is 0. The molecule has 2 aromatic carbocycles. The van der Waals surface area contributed by atoms with Gasteiger partial charge in [0.1, 0.15) is 0 Å². The molecule has 20 heavy (non-hydrogen) atoms. The van der Waals surface area contributed by atoms with Crippen molar-refractivity contribution < 1.29 is 0 Å². The van der Waals surface area contributed by atoms with Crippen LogP contribution in [0.4, 0.5) is 11.4 Å². The molecule has 0 unspecified atom stereocenters. The van der Waals surface area contributed by atoms with Gasteiger partial charge in [-0.2, -0.15) is 0 Å². The van der Waals surface area contributed by atoms with Gasteiger partial charge in [-0.25, -0.2) is 0 Å². The van der Waals surface area contributed by atoms with Gasteiger partial charge in [0.05, 0.1) is 5.69 Å². The first kappa shape index (κ1) is 15.1. The van der Waals surface area contributed by atoms with Crippen molar-refractivity contribution in [2.75, 3.05) is 18.5 Å². The Hall–Kier alpha value is -1.32. The first-order valence-corrected chi connectivity index (χ1v) is 7.79. The molecular weight excluding hydrogens is 312 g/mol. The van der Waals surface area contributed by atoms with Crippen LogP contribution in [0.3, 0.4) is 0 Å². The third-order valence-corrected chi connectivity index (χ3v) is 3.91. The minimum atomic E-state index is 0.918. The lowest BCUT2D eigenvalue weighted by molar-refractivity contribution is 0.675. The van der Waals surface area contributed by atoms with Gasteiger partial charge in [0.25, 0.3) is 0 Å². The Morgan fingerprint density at radius 3 is 2.50 bits per heavy atom. The molecule has 0 aliphatic rings. The van der Waals surface area contributed by atoms with Crippen molar-refractivity contribution in [2.45, 2.75) is 19.9 Å². The summed E-state index contributed by atoms with van der Waals surface area (Å²) < 4.78 is 1.12. The van der Waals surface area contributed by atoms with Crippen LogP contribution in [0.5, 0.6) is 0 Å². The molecule has 0 radical (unpaired) electrons. The molecule has 0 saturated carbocycles. The van der Waals surface area contributed by atoms with E-state index >= 15 is 0 Å². The summed E-state index contributed by atoms with van der Waals surface area (Å²) in [4.78, 5) is 2.19. The Morgan fingerprint density at radius 2 is 1.85 bits per heavy atom. The van der Waals surface area contributed by atoms with Gasteiger partial charge in [-0.1, -0.05) is 31.2 Å². The second-order valence-corrected chi connectivity index (χ2v) is 5.71. The summed E-state index contributed by atoms with van der Waals surface area (Å²) >= 11 is 3.68. The Kier molecular flexibility index (Phi) is 5.62. The van der Waals surface area contributed by atoms with Crippen molar-refractivity contribution in [1.82, 2.24) is 5.32 Å². The average Bonchev–Trinajstić information content (AvgIpc) is 2.48. The molecule has 2 rings (SSSR count). The van der Waals surface area contributed by atoms with E-state index < -0.39 is 0 Å². The van der Waals surface area contributed by atoms with E-state index in [-0.39, 0.29) is 0 Å². The molecule has 2 aromatic rings.